The molecule has 7 heteroatoms. The number of benzene rings is 1. The molecule has 158 valence electrons. The van der Waals surface area contributed by atoms with Gasteiger partial charge >= 0.3 is 6.03 Å². The summed E-state index contributed by atoms with van der Waals surface area (Å²) in [5.74, 6) is 0.155. The zero-order valence-corrected chi connectivity index (χ0v) is 17.0. The van der Waals surface area contributed by atoms with Crippen LogP contribution in [0, 0.1) is 5.92 Å². The van der Waals surface area contributed by atoms with Crippen molar-refractivity contribution in [3.05, 3.63) is 30.3 Å². The van der Waals surface area contributed by atoms with Crippen LogP contribution in [0.4, 0.5) is 10.5 Å². The maximum atomic E-state index is 12.7. The largest absolute Gasteiger partial charge is 0.347 e. The van der Waals surface area contributed by atoms with Gasteiger partial charge in [0.1, 0.15) is 0 Å². The lowest BCUT2D eigenvalue weighted by atomic mass is 9.93. The Kier molecular flexibility index (Phi) is 6.35. The van der Waals surface area contributed by atoms with Crippen molar-refractivity contribution in [2.75, 3.05) is 44.7 Å². The highest BCUT2D eigenvalue weighted by molar-refractivity contribution is 5.89. The summed E-state index contributed by atoms with van der Waals surface area (Å²) in [4.78, 5) is 29.0. The van der Waals surface area contributed by atoms with Crippen LogP contribution in [0.1, 0.15) is 38.5 Å². The Morgan fingerprint density at radius 2 is 1.76 bits per heavy atom. The van der Waals surface area contributed by atoms with Gasteiger partial charge in [0, 0.05) is 51.1 Å². The molecular formula is C22H31N3O4. The first-order valence-electron chi connectivity index (χ1n) is 10.8. The Morgan fingerprint density at radius 3 is 2.48 bits per heavy atom. The van der Waals surface area contributed by atoms with E-state index in [1.165, 1.54) is 0 Å². The minimum absolute atomic E-state index is 0.0508. The summed E-state index contributed by atoms with van der Waals surface area (Å²) in [5.41, 5.74) is 0.813. The highest BCUT2D eigenvalue weighted by atomic mass is 16.7. The number of hydrogen-bond donors (Lipinski definition) is 1. The molecule has 1 aromatic carbocycles. The molecule has 1 aromatic rings. The fourth-order valence-corrected chi connectivity index (χ4v) is 4.58. The lowest BCUT2D eigenvalue weighted by molar-refractivity contribution is -0.187. The number of para-hydroxylation sites is 1. The number of carbonyl (C=O) groups excluding carboxylic acids is 2. The molecule has 7 nitrogen and oxygen atoms in total. The van der Waals surface area contributed by atoms with Crippen LogP contribution in [-0.4, -0.2) is 66.9 Å². The second-order valence-corrected chi connectivity index (χ2v) is 8.28. The van der Waals surface area contributed by atoms with Gasteiger partial charge in [-0.1, -0.05) is 18.2 Å². The van der Waals surface area contributed by atoms with Gasteiger partial charge in [-0.3, -0.25) is 4.79 Å². The molecule has 0 saturated carbocycles. The van der Waals surface area contributed by atoms with Gasteiger partial charge < -0.3 is 24.6 Å². The quantitative estimate of drug-likeness (QED) is 0.842. The molecule has 3 aliphatic heterocycles. The molecule has 3 saturated heterocycles. The lowest BCUT2D eigenvalue weighted by Gasteiger charge is -2.38. The number of nitrogens with one attached hydrogen (secondary N) is 1. The van der Waals surface area contributed by atoms with Crippen molar-refractivity contribution in [2.45, 2.75) is 44.3 Å². The maximum absolute atomic E-state index is 12.7. The molecule has 3 amide bonds. The maximum Gasteiger partial charge on any atom is 0.321 e. The first kappa shape index (κ1) is 20.2. The number of hydrogen-bond acceptors (Lipinski definition) is 4. The van der Waals surface area contributed by atoms with Crippen LogP contribution in [0.15, 0.2) is 30.3 Å². The van der Waals surface area contributed by atoms with E-state index in [1.54, 1.807) is 0 Å². The van der Waals surface area contributed by atoms with Gasteiger partial charge in [-0.2, -0.15) is 0 Å². The number of anilines is 1. The third-order valence-corrected chi connectivity index (χ3v) is 6.29. The molecule has 1 atom stereocenters. The molecule has 4 rings (SSSR count). The topological polar surface area (TPSA) is 71.1 Å². The van der Waals surface area contributed by atoms with Crippen molar-refractivity contribution < 1.29 is 19.1 Å². The molecule has 29 heavy (non-hydrogen) atoms. The van der Waals surface area contributed by atoms with E-state index in [-0.39, 0.29) is 11.9 Å². The summed E-state index contributed by atoms with van der Waals surface area (Å²) in [6, 6.07) is 9.48. The number of carbonyl (C=O) groups is 2. The Morgan fingerprint density at radius 1 is 1.03 bits per heavy atom. The lowest BCUT2D eigenvalue weighted by Crippen LogP contribution is -2.47. The molecule has 0 aliphatic carbocycles. The Labute approximate surface area is 172 Å². The number of nitrogens with zero attached hydrogens (tertiary/aromatic N) is 2. The van der Waals surface area contributed by atoms with Gasteiger partial charge in [0.25, 0.3) is 0 Å². The predicted molar refractivity (Wildman–Crippen MR) is 109 cm³/mol. The van der Waals surface area contributed by atoms with Crippen LogP contribution in [0.25, 0.3) is 0 Å². The van der Waals surface area contributed by atoms with Crippen molar-refractivity contribution in [1.82, 2.24) is 9.80 Å². The van der Waals surface area contributed by atoms with Crippen LogP contribution < -0.4 is 5.32 Å². The van der Waals surface area contributed by atoms with Gasteiger partial charge in [-0.15, -0.1) is 0 Å². The summed E-state index contributed by atoms with van der Waals surface area (Å²) in [7, 11) is 0. The van der Waals surface area contributed by atoms with Gasteiger partial charge in [0.2, 0.25) is 5.91 Å². The summed E-state index contributed by atoms with van der Waals surface area (Å²) in [6.45, 7) is 4.21. The van der Waals surface area contributed by atoms with E-state index >= 15 is 0 Å². The molecule has 0 unspecified atom stereocenters. The molecule has 0 aromatic heterocycles. The molecule has 0 radical (unpaired) electrons. The van der Waals surface area contributed by atoms with Gasteiger partial charge in [0.05, 0.1) is 13.2 Å². The molecule has 3 fully saturated rings. The molecule has 1 N–H and O–H groups in total. The van der Waals surface area contributed by atoms with E-state index in [4.69, 9.17) is 9.47 Å². The van der Waals surface area contributed by atoms with Gasteiger partial charge in [0.15, 0.2) is 5.79 Å². The number of urea groups is 1. The number of piperidine rings is 2. The molecular weight excluding hydrogens is 370 g/mol. The van der Waals surface area contributed by atoms with Crippen LogP contribution in [-0.2, 0) is 14.3 Å². The first-order chi connectivity index (χ1) is 14.1. The second-order valence-electron chi connectivity index (χ2n) is 8.28. The van der Waals surface area contributed by atoms with E-state index in [9.17, 15) is 9.59 Å². The van der Waals surface area contributed by atoms with Crippen LogP contribution in [0.3, 0.4) is 0 Å². The van der Waals surface area contributed by atoms with Crippen LogP contribution in [0.5, 0.6) is 0 Å². The zero-order chi connectivity index (χ0) is 20.1. The normalized spacial score (nSPS) is 23.9. The minimum Gasteiger partial charge on any atom is -0.347 e. The average molecular weight is 402 g/mol. The zero-order valence-electron chi connectivity index (χ0n) is 17.0. The van der Waals surface area contributed by atoms with Crippen LogP contribution >= 0.6 is 0 Å². The monoisotopic (exact) mass is 401 g/mol. The standard InChI is InChI=1S/C22H31N3O4/c26-20(24-13-10-22(11-14-24)28-15-16-29-22)9-8-18-5-4-12-25(17-18)21(27)23-19-6-2-1-3-7-19/h1-3,6-7,18H,4-5,8-17H2,(H,23,27)/t18-/m1/s1. The van der Waals surface area contributed by atoms with E-state index in [0.717, 1.165) is 50.9 Å². The Bertz CT molecular complexity index is 695. The molecule has 0 bridgehead atoms. The predicted octanol–water partition coefficient (Wildman–Crippen LogP) is 3.08. The molecule has 1 spiro atoms. The van der Waals surface area contributed by atoms with Crippen molar-refractivity contribution in [3.8, 4) is 0 Å². The van der Waals surface area contributed by atoms with Crippen molar-refractivity contribution in [3.63, 3.8) is 0 Å². The van der Waals surface area contributed by atoms with Crippen molar-refractivity contribution in [1.29, 1.82) is 0 Å². The summed E-state index contributed by atoms with van der Waals surface area (Å²) in [5, 5.41) is 2.96. The van der Waals surface area contributed by atoms with E-state index < -0.39 is 5.79 Å². The highest BCUT2D eigenvalue weighted by Crippen LogP contribution is 2.31. The third-order valence-electron chi connectivity index (χ3n) is 6.29. The SMILES string of the molecule is O=C(CC[C@H]1CCCN(C(=O)Nc2ccccc2)C1)N1CCC2(CC1)OCCO2. The van der Waals surface area contributed by atoms with Gasteiger partial charge in [-0.25, -0.2) is 4.79 Å². The first-order valence-corrected chi connectivity index (χ1v) is 10.8. The summed E-state index contributed by atoms with van der Waals surface area (Å²) < 4.78 is 11.5. The minimum atomic E-state index is -0.438. The third kappa shape index (κ3) is 5.08. The second kappa shape index (κ2) is 9.13. The molecule has 3 aliphatic rings. The number of rotatable bonds is 4. The average Bonchev–Trinajstić information content (AvgIpc) is 3.21. The molecule has 3 heterocycles. The fraction of sp³-hybridized carbons (Fsp3) is 0.636. The number of ether oxygens (including phenoxy) is 2. The van der Waals surface area contributed by atoms with Gasteiger partial charge in [-0.05, 0) is 37.3 Å². The van der Waals surface area contributed by atoms with E-state index in [2.05, 4.69) is 5.32 Å². The van der Waals surface area contributed by atoms with Crippen LogP contribution in [0.2, 0.25) is 0 Å². The summed E-state index contributed by atoms with van der Waals surface area (Å²) >= 11 is 0. The Hall–Kier alpha value is -2.12. The van der Waals surface area contributed by atoms with E-state index in [0.29, 0.717) is 38.6 Å². The Balaban J connectivity index is 1.20. The fourth-order valence-electron chi connectivity index (χ4n) is 4.58. The van der Waals surface area contributed by atoms with Crippen molar-refractivity contribution in [2.24, 2.45) is 5.92 Å². The number of likely N-dealkylation sites (tertiary alicyclic amines) is 2. The van der Waals surface area contributed by atoms with E-state index in [1.807, 2.05) is 40.1 Å². The summed E-state index contributed by atoms with van der Waals surface area (Å²) in [6.07, 6.45) is 4.97. The smallest absolute Gasteiger partial charge is 0.321 e. The van der Waals surface area contributed by atoms with Crippen molar-refractivity contribution >= 4 is 17.6 Å². The number of amides is 3. The highest BCUT2D eigenvalue weighted by Gasteiger charge is 2.40.